The molecule has 8 nitrogen and oxygen atoms in total. The number of aliphatic hydroxyl groups is 1. The summed E-state index contributed by atoms with van der Waals surface area (Å²) in [5.74, 6) is -2.20. The summed E-state index contributed by atoms with van der Waals surface area (Å²) in [5, 5.41) is 11.4. The quantitative estimate of drug-likeness (QED) is 0.267. The number of ether oxygens (including phenoxy) is 1. The lowest BCUT2D eigenvalue weighted by Crippen LogP contribution is -2.32. The Hall–Kier alpha value is -3.39. The number of nitrogens with one attached hydrogen (secondary N) is 1. The van der Waals surface area contributed by atoms with Crippen LogP contribution in [0.5, 0.6) is 0 Å². The Morgan fingerprint density at radius 2 is 1.79 bits per heavy atom. The summed E-state index contributed by atoms with van der Waals surface area (Å²) in [6.07, 6.45) is 0.678. The van der Waals surface area contributed by atoms with E-state index in [1.165, 1.54) is 4.90 Å². The van der Waals surface area contributed by atoms with Crippen molar-refractivity contribution in [2.24, 2.45) is 0 Å². The summed E-state index contributed by atoms with van der Waals surface area (Å²) < 4.78 is 5.10. The van der Waals surface area contributed by atoms with Crippen molar-refractivity contribution in [2.45, 2.75) is 40.2 Å². The van der Waals surface area contributed by atoms with Gasteiger partial charge in [0.05, 0.1) is 18.2 Å². The fourth-order valence-corrected chi connectivity index (χ4v) is 4.41. The van der Waals surface area contributed by atoms with Gasteiger partial charge >= 0.3 is 5.97 Å². The van der Waals surface area contributed by atoms with Gasteiger partial charge in [-0.15, -0.1) is 0 Å². The number of aliphatic hydroxyl groups excluding tert-OH is 1. The number of carbonyl (C=O) groups excluding carboxylic acids is 3. The highest BCUT2D eigenvalue weighted by molar-refractivity contribution is 6.46. The van der Waals surface area contributed by atoms with Crippen LogP contribution in [0.2, 0.25) is 0 Å². The molecular weight excluding hydrogens is 434 g/mol. The van der Waals surface area contributed by atoms with Crippen molar-refractivity contribution >= 4 is 23.4 Å². The van der Waals surface area contributed by atoms with Crippen LogP contribution >= 0.6 is 0 Å². The monoisotopic (exact) mass is 467 g/mol. The molecule has 8 heteroatoms. The van der Waals surface area contributed by atoms with E-state index in [2.05, 4.69) is 4.98 Å². The minimum absolute atomic E-state index is 0.0271. The molecule has 0 saturated carbocycles. The van der Waals surface area contributed by atoms with Gasteiger partial charge in [-0.2, -0.15) is 0 Å². The number of ketones is 1. The highest BCUT2D eigenvalue weighted by atomic mass is 16.5. The number of carbonyl (C=O) groups is 3. The van der Waals surface area contributed by atoms with Gasteiger partial charge in [0, 0.05) is 17.8 Å². The Morgan fingerprint density at radius 1 is 1.15 bits per heavy atom. The number of aromatic amines is 1. The van der Waals surface area contributed by atoms with Gasteiger partial charge in [0.25, 0.3) is 11.7 Å². The third kappa shape index (κ3) is 4.77. The number of benzene rings is 1. The molecule has 1 amide bonds. The number of aromatic nitrogens is 1. The number of H-pyrrole nitrogens is 1. The predicted octanol–water partition coefficient (Wildman–Crippen LogP) is 3.49. The van der Waals surface area contributed by atoms with Gasteiger partial charge in [-0.3, -0.25) is 9.59 Å². The highest BCUT2D eigenvalue weighted by Gasteiger charge is 2.46. The van der Waals surface area contributed by atoms with Crippen molar-refractivity contribution in [1.82, 2.24) is 14.8 Å². The maximum atomic E-state index is 13.2. The molecule has 1 aliphatic rings. The molecule has 2 N–H and O–H groups in total. The SMILES string of the molecule is CCOC(=O)c1[nH]c(C)c(/C(O)=C2\C(=O)C(=O)N(CCCN(C)C)[C@H]2c2ccc(C)cc2)c1C. The highest BCUT2D eigenvalue weighted by Crippen LogP contribution is 2.41. The summed E-state index contributed by atoms with van der Waals surface area (Å²) in [7, 11) is 3.90. The molecule has 2 heterocycles. The van der Waals surface area contributed by atoms with Gasteiger partial charge in [0.2, 0.25) is 0 Å². The molecule has 0 bridgehead atoms. The van der Waals surface area contributed by atoms with Crippen LogP contribution in [-0.4, -0.2) is 71.3 Å². The van der Waals surface area contributed by atoms with Crippen LogP contribution in [0.25, 0.3) is 5.76 Å². The molecule has 0 unspecified atom stereocenters. The van der Waals surface area contributed by atoms with Crippen molar-refractivity contribution < 1.29 is 24.2 Å². The third-order valence-electron chi connectivity index (χ3n) is 6.09. The first-order chi connectivity index (χ1) is 16.1. The first-order valence-electron chi connectivity index (χ1n) is 11.4. The number of amides is 1. The second-order valence-corrected chi connectivity index (χ2v) is 8.91. The number of aryl methyl sites for hydroxylation is 2. The number of likely N-dealkylation sites (tertiary alicyclic amines) is 1. The summed E-state index contributed by atoms with van der Waals surface area (Å²) in [6, 6.07) is 6.86. The summed E-state index contributed by atoms with van der Waals surface area (Å²) in [6.45, 7) is 8.39. The Labute approximate surface area is 200 Å². The summed E-state index contributed by atoms with van der Waals surface area (Å²) in [4.78, 5) is 45.2. The van der Waals surface area contributed by atoms with Gasteiger partial charge in [0.1, 0.15) is 11.5 Å². The topological polar surface area (TPSA) is 103 Å². The van der Waals surface area contributed by atoms with Gasteiger partial charge in [0.15, 0.2) is 0 Å². The van der Waals surface area contributed by atoms with Crippen LogP contribution in [-0.2, 0) is 14.3 Å². The lowest BCUT2D eigenvalue weighted by molar-refractivity contribution is -0.139. The Morgan fingerprint density at radius 3 is 2.38 bits per heavy atom. The molecule has 1 aromatic heterocycles. The first-order valence-corrected chi connectivity index (χ1v) is 11.4. The van der Waals surface area contributed by atoms with Crippen LogP contribution < -0.4 is 0 Å². The lowest BCUT2D eigenvalue weighted by Gasteiger charge is -2.26. The first kappa shape index (κ1) is 25.2. The van der Waals surface area contributed by atoms with E-state index in [-0.39, 0.29) is 23.6 Å². The molecule has 0 aliphatic carbocycles. The molecule has 182 valence electrons. The number of nitrogens with zero attached hydrogens (tertiary/aromatic N) is 2. The van der Waals surface area contributed by atoms with E-state index in [1.807, 2.05) is 50.2 Å². The van der Waals surface area contributed by atoms with Crippen molar-refractivity contribution in [1.29, 1.82) is 0 Å². The molecule has 1 saturated heterocycles. The van der Waals surface area contributed by atoms with Crippen molar-refractivity contribution in [3.63, 3.8) is 0 Å². The second kappa shape index (κ2) is 10.3. The summed E-state index contributed by atoms with van der Waals surface area (Å²) in [5.41, 5.74) is 3.35. The van der Waals surface area contributed by atoms with Crippen molar-refractivity contribution in [3.8, 4) is 0 Å². The Kier molecular flexibility index (Phi) is 7.61. The zero-order valence-electron chi connectivity index (χ0n) is 20.7. The van der Waals surface area contributed by atoms with Gasteiger partial charge < -0.3 is 24.6 Å². The van der Waals surface area contributed by atoms with Crippen LogP contribution in [0.4, 0.5) is 0 Å². The van der Waals surface area contributed by atoms with Gasteiger partial charge in [-0.25, -0.2) is 4.79 Å². The minimum atomic E-state index is -0.731. The van der Waals surface area contributed by atoms with Crippen molar-refractivity contribution in [3.05, 3.63) is 63.5 Å². The van der Waals surface area contributed by atoms with Crippen LogP contribution in [0.3, 0.4) is 0 Å². The standard InChI is InChI=1S/C26H33N3O5/c1-7-34-26(33)21-16(3)19(17(4)27-21)23(30)20-22(18-11-9-15(2)10-12-18)29(25(32)24(20)31)14-8-13-28(5)6/h9-12,22,27,30H,7-8,13-14H2,1-6H3/b23-20+/t22-/m0/s1. The maximum Gasteiger partial charge on any atom is 0.355 e. The molecule has 2 aromatic rings. The minimum Gasteiger partial charge on any atom is -0.507 e. The molecule has 0 spiro atoms. The average molecular weight is 468 g/mol. The van der Waals surface area contributed by atoms with E-state index < -0.39 is 23.7 Å². The molecule has 1 aliphatic heterocycles. The molecule has 34 heavy (non-hydrogen) atoms. The molecule has 3 rings (SSSR count). The number of hydrogen-bond acceptors (Lipinski definition) is 6. The van der Waals surface area contributed by atoms with E-state index in [0.29, 0.717) is 29.8 Å². The Balaban J connectivity index is 2.15. The normalized spacial score (nSPS) is 17.6. The van der Waals surface area contributed by atoms with Crippen LogP contribution in [0.1, 0.15) is 57.8 Å². The number of esters is 1. The molecule has 1 fully saturated rings. The maximum absolute atomic E-state index is 13.2. The largest absolute Gasteiger partial charge is 0.507 e. The lowest BCUT2D eigenvalue weighted by atomic mass is 9.93. The Bertz CT molecular complexity index is 1130. The van der Waals surface area contributed by atoms with E-state index in [9.17, 15) is 19.5 Å². The van der Waals surface area contributed by atoms with Gasteiger partial charge in [-0.1, -0.05) is 29.8 Å². The van der Waals surface area contributed by atoms with Crippen LogP contribution in [0, 0.1) is 20.8 Å². The average Bonchev–Trinajstić information content (AvgIpc) is 3.21. The second-order valence-electron chi connectivity index (χ2n) is 8.91. The third-order valence-corrected chi connectivity index (χ3v) is 6.09. The number of hydrogen-bond donors (Lipinski definition) is 2. The number of Topliss-reactive ketones (excluding diaryl/α,β-unsaturated/α-hetero) is 1. The molecule has 1 atom stereocenters. The van der Waals surface area contributed by atoms with E-state index in [1.54, 1.807) is 20.8 Å². The molecule has 1 aromatic carbocycles. The van der Waals surface area contributed by atoms with E-state index in [0.717, 1.165) is 17.7 Å². The fraction of sp³-hybridized carbons (Fsp3) is 0.423. The zero-order valence-corrected chi connectivity index (χ0v) is 20.7. The summed E-state index contributed by atoms with van der Waals surface area (Å²) >= 11 is 0. The zero-order chi connectivity index (χ0) is 25.2. The van der Waals surface area contributed by atoms with Crippen molar-refractivity contribution in [2.75, 3.05) is 33.8 Å². The van der Waals surface area contributed by atoms with Gasteiger partial charge in [-0.05, 0) is 65.9 Å². The fourth-order valence-electron chi connectivity index (χ4n) is 4.41. The number of rotatable bonds is 8. The molecule has 0 radical (unpaired) electrons. The van der Waals surface area contributed by atoms with E-state index >= 15 is 0 Å². The predicted molar refractivity (Wildman–Crippen MR) is 130 cm³/mol. The molecular formula is C26H33N3O5. The smallest absolute Gasteiger partial charge is 0.355 e. The van der Waals surface area contributed by atoms with Crippen LogP contribution in [0.15, 0.2) is 29.8 Å². The van der Waals surface area contributed by atoms with E-state index in [4.69, 9.17) is 4.74 Å².